The third-order valence-electron chi connectivity index (χ3n) is 6.26. The fraction of sp³-hybridized carbons (Fsp3) is 0.500. The maximum Gasteiger partial charge on any atom is 0.406 e. The van der Waals surface area contributed by atoms with Gasteiger partial charge in [-0.2, -0.15) is 18.4 Å². The average Bonchev–Trinajstić information content (AvgIpc) is 3.46. The van der Waals surface area contributed by atoms with E-state index in [1.165, 1.54) is 18.6 Å². The van der Waals surface area contributed by atoms with Gasteiger partial charge in [-0.1, -0.05) is 20.8 Å². The van der Waals surface area contributed by atoms with Gasteiger partial charge in [-0.05, 0) is 18.3 Å². The second-order valence-corrected chi connectivity index (χ2v) is 10.2. The molecule has 0 aliphatic carbocycles. The van der Waals surface area contributed by atoms with Crippen molar-refractivity contribution < 1.29 is 22.8 Å². The van der Waals surface area contributed by atoms with E-state index < -0.39 is 30.1 Å². The molecule has 37 heavy (non-hydrogen) atoms. The van der Waals surface area contributed by atoms with Gasteiger partial charge in [0.05, 0.1) is 24.2 Å². The zero-order chi connectivity index (χ0) is 27.0. The molecular weight excluding hydrogens is 489 g/mol. The minimum atomic E-state index is -4.40. The molecule has 3 aromatic rings. The third-order valence-corrected chi connectivity index (χ3v) is 6.26. The summed E-state index contributed by atoms with van der Waals surface area (Å²) in [6, 6.07) is 1.40. The summed E-state index contributed by atoms with van der Waals surface area (Å²) in [5.41, 5.74) is 0.425. The number of alkyl halides is 3. The van der Waals surface area contributed by atoms with Crippen LogP contribution in [0.3, 0.4) is 0 Å². The molecule has 0 saturated carbocycles. The van der Waals surface area contributed by atoms with E-state index in [2.05, 4.69) is 31.3 Å². The maximum atomic E-state index is 13.4. The van der Waals surface area contributed by atoms with Crippen LogP contribution in [0.2, 0.25) is 0 Å². The van der Waals surface area contributed by atoms with E-state index in [9.17, 15) is 22.8 Å². The predicted molar refractivity (Wildman–Crippen MR) is 127 cm³/mol. The number of halogens is 3. The SMILES string of the molecule is CC(C)(C)[C@@H](NC(=O)c1c[nH]c2ncc(-c3cn(CC(F)(F)F)cn3)nc12)C(=O)N1CCC(C#N)CC1. The lowest BCUT2D eigenvalue weighted by atomic mass is 9.85. The smallest absolute Gasteiger partial charge is 0.344 e. The van der Waals surface area contributed by atoms with Crippen molar-refractivity contribution in [2.75, 3.05) is 13.1 Å². The van der Waals surface area contributed by atoms with Gasteiger partial charge in [0.2, 0.25) is 5.91 Å². The minimum Gasteiger partial charge on any atom is -0.344 e. The number of nitriles is 1. The summed E-state index contributed by atoms with van der Waals surface area (Å²) in [7, 11) is 0. The van der Waals surface area contributed by atoms with E-state index in [4.69, 9.17) is 5.26 Å². The zero-order valence-electron chi connectivity index (χ0n) is 20.6. The molecule has 4 heterocycles. The Morgan fingerprint density at radius 3 is 2.54 bits per heavy atom. The normalized spacial score (nSPS) is 16.0. The van der Waals surface area contributed by atoms with E-state index in [1.54, 1.807) is 4.90 Å². The van der Waals surface area contributed by atoms with E-state index in [1.807, 2.05) is 20.8 Å². The van der Waals surface area contributed by atoms with E-state index in [-0.39, 0.29) is 34.3 Å². The molecule has 0 spiro atoms. The van der Waals surface area contributed by atoms with Crippen molar-refractivity contribution in [1.82, 2.24) is 34.7 Å². The number of piperidine rings is 1. The van der Waals surface area contributed by atoms with Crippen molar-refractivity contribution in [3.8, 4) is 17.5 Å². The van der Waals surface area contributed by atoms with Gasteiger partial charge in [0.15, 0.2) is 5.65 Å². The van der Waals surface area contributed by atoms with Gasteiger partial charge in [-0.3, -0.25) is 9.59 Å². The summed E-state index contributed by atoms with van der Waals surface area (Å²) in [5.74, 6) is -0.842. The summed E-state index contributed by atoms with van der Waals surface area (Å²) < 4.78 is 39.0. The largest absolute Gasteiger partial charge is 0.406 e. The molecule has 1 fully saturated rings. The molecule has 13 heteroatoms. The first kappa shape index (κ1) is 26.1. The summed E-state index contributed by atoms with van der Waals surface area (Å²) >= 11 is 0. The van der Waals surface area contributed by atoms with Crippen LogP contribution in [0, 0.1) is 22.7 Å². The Morgan fingerprint density at radius 1 is 1.22 bits per heavy atom. The average molecular weight is 517 g/mol. The number of nitrogens with one attached hydrogen (secondary N) is 2. The molecule has 1 saturated heterocycles. The van der Waals surface area contributed by atoms with Gasteiger partial charge < -0.3 is 19.8 Å². The number of nitrogens with zero attached hydrogens (tertiary/aromatic N) is 6. The van der Waals surface area contributed by atoms with Gasteiger partial charge in [0, 0.05) is 31.4 Å². The molecule has 2 amide bonds. The number of H-pyrrole nitrogens is 1. The molecule has 196 valence electrons. The summed E-state index contributed by atoms with van der Waals surface area (Å²) in [6.07, 6.45) is 1.82. The Kier molecular flexibility index (Phi) is 6.94. The van der Waals surface area contributed by atoms with Crippen molar-refractivity contribution in [3.63, 3.8) is 0 Å². The highest BCUT2D eigenvalue weighted by Crippen LogP contribution is 2.26. The predicted octanol–water partition coefficient (Wildman–Crippen LogP) is 3.29. The number of aromatic nitrogens is 5. The Hall–Kier alpha value is -3.95. The number of carbonyl (C=O) groups is 2. The first-order valence-electron chi connectivity index (χ1n) is 11.8. The second-order valence-electron chi connectivity index (χ2n) is 10.2. The van der Waals surface area contributed by atoms with Crippen molar-refractivity contribution in [1.29, 1.82) is 5.26 Å². The highest BCUT2D eigenvalue weighted by molar-refractivity contribution is 6.06. The summed E-state index contributed by atoms with van der Waals surface area (Å²) in [4.78, 5) is 43.8. The molecule has 1 aliphatic heterocycles. The van der Waals surface area contributed by atoms with Gasteiger partial charge in [0.25, 0.3) is 5.91 Å². The van der Waals surface area contributed by atoms with Gasteiger partial charge in [-0.25, -0.2) is 15.0 Å². The number of carbonyl (C=O) groups excluding carboxylic acids is 2. The molecule has 10 nitrogen and oxygen atoms in total. The highest BCUT2D eigenvalue weighted by atomic mass is 19.4. The fourth-order valence-electron chi connectivity index (χ4n) is 4.24. The summed E-state index contributed by atoms with van der Waals surface area (Å²) in [5, 5.41) is 12.0. The Morgan fingerprint density at radius 2 is 1.92 bits per heavy atom. The topological polar surface area (TPSA) is 133 Å². The van der Waals surface area contributed by atoms with Crippen LogP contribution in [-0.2, 0) is 11.3 Å². The zero-order valence-corrected chi connectivity index (χ0v) is 20.6. The van der Waals surface area contributed by atoms with E-state index in [0.717, 1.165) is 10.9 Å². The lowest BCUT2D eigenvalue weighted by Crippen LogP contribution is -2.56. The van der Waals surface area contributed by atoms with Crippen LogP contribution >= 0.6 is 0 Å². The molecular formula is C24H27F3N8O2. The van der Waals surface area contributed by atoms with Crippen LogP contribution < -0.4 is 5.32 Å². The lowest BCUT2D eigenvalue weighted by Gasteiger charge is -2.37. The van der Waals surface area contributed by atoms with E-state index >= 15 is 0 Å². The Labute approximate surface area is 210 Å². The third kappa shape index (κ3) is 5.90. The first-order valence-corrected chi connectivity index (χ1v) is 11.8. The Balaban J connectivity index is 1.56. The molecule has 0 radical (unpaired) electrons. The van der Waals surface area contributed by atoms with Gasteiger partial charge >= 0.3 is 6.18 Å². The van der Waals surface area contributed by atoms with Crippen molar-refractivity contribution in [2.45, 2.75) is 52.4 Å². The van der Waals surface area contributed by atoms with E-state index in [0.29, 0.717) is 31.6 Å². The number of fused-ring (bicyclic) bond motifs is 1. The van der Waals surface area contributed by atoms with Crippen molar-refractivity contribution >= 4 is 23.0 Å². The van der Waals surface area contributed by atoms with Crippen molar-refractivity contribution in [2.24, 2.45) is 11.3 Å². The summed E-state index contributed by atoms with van der Waals surface area (Å²) in [6.45, 7) is 5.25. The van der Waals surface area contributed by atoms with Crippen LogP contribution in [-0.4, -0.2) is 66.5 Å². The van der Waals surface area contributed by atoms with Crippen LogP contribution in [0.15, 0.2) is 24.9 Å². The fourth-order valence-corrected chi connectivity index (χ4v) is 4.24. The quantitative estimate of drug-likeness (QED) is 0.535. The molecule has 0 unspecified atom stereocenters. The minimum absolute atomic E-state index is 0.0782. The number of aromatic amines is 1. The molecule has 0 bridgehead atoms. The molecule has 0 aromatic carbocycles. The monoisotopic (exact) mass is 516 g/mol. The van der Waals surface area contributed by atoms with Crippen LogP contribution in [0.4, 0.5) is 13.2 Å². The Bertz CT molecular complexity index is 1340. The van der Waals surface area contributed by atoms with Crippen molar-refractivity contribution in [3.05, 3.63) is 30.5 Å². The lowest BCUT2D eigenvalue weighted by molar-refractivity contribution is -0.140. The molecule has 3 aromatic heterocycles. The van der Waals surface area contributed by atoms with Crippen LogP contribution in [0.1, 0.15) is 44.0 Å². The van der Waals surface area contributed by atoms with Crippen LogP contribution in [0.25, 0.3) is 22.6 Å². The van der Waals surface area contributed by atoms with Crippen LogP contribution in [0.5, 0.6) is 0 Å². The molecule has 2 N–H and O–H groups in total. The number of amides is 2. The highest BCUT2D eigenvalue weighted by Gasteiger charge is 2.37. The molecule has 1 atom stereocenters. The standard InChI is InChI=1S/C24H27F3N8O2/c1-23(2,3)19(22(37)35-6-4-14(8-28)5-7-35)33-21(36)15-9-29-20-18(15)32-16(10-30-20)17-11-34(13-31-17)12-24(25,26)27/h9-11,13-14,19H,4-7,12H2,1-3H3,(H,29,30)(H,33,36)/t19-/m0/s1. The maximum absolute atomic E-state index is 13.4. The number of hydrogen-bond acceptors (Lipinski definition) is 6. The second kappa shape index (κ2) is 9.84. The van der Waals surface area contributed by atoms with Gasteiger partial charge in [0.1, 0.15) is 29.5 Å². The number of rotatable bonds is 5. The first-order chi connectivity index (χ1) is 17.4. The molecule has 1 aliphatic rings. The number of likely N-dealkylation sites (tertiary alicyclic amines) is 1. The molecule has 4 rings (SSSR count). The van der Waals surface area contributed by atoms with Gasteiger partial charge in [-0.15, -0.1) is 0 Å². The number of imidazole rings is 1. The number of hydrogen-bond donors (Lipinski definition) is 2.